The van der Waals surface area contributed by atoms with Gasteiger partial charge in [0.05, 0.1) is 11.6 Å². The van der Waals surface area contributed by atoms with E-state index < -0.39 is 0 Å². The quantitative estimate of drug-likeness (QED) is 0.418. The minimum Gasteiger partial charge on any atom is -0.484 e. The molecule has 0 aliphatic heterocycles. The van der Waals surface area contributed by atoms with Crippen molar-refractivity contribution in [2.24, 2.45) is 4.99 Å². The summed E-state index contributed by atoms with van der Waals surface area (Å²) in [7, 11) is 0. The molecule has 28 heavy (non-hydrogen) atoms. The molecule has 1 amide bonds. The second kappa shape index (κ2) is 12.0. The number of nitrogens with one attached hydrogen (secondary N) is 3. The van der Waals surface area contributed by atoms with Gasteiger partial charge in [-0.3, -0.25) is 4.79 Å². The number of guanidine groups is 1. The van der Waals surface area contributed by atoms with Gasteiger partial charge in [0.25, 0.3) is 5.91 Å². The number of aliphatic imine (C=N–C) groups is 1. The third-order valence-corrected chi connectivity index (χ3v) is 4.68. The van der Waals surface area contributed by atoms with Crippen molar-refractivity contribution in [3.05, 3.63) is 45.9 Å². The Bertz CT molecular complexity index is 775. The Morgan fingerprint density at radius 1 is 1.21 bits per heavy atom. The lowest BCUT2D eigenvalue weighted by Gasteiger charge is -2.11. The summed E-state index contributed by atoms with van der Waals surface area (Å²) in [4.78, 5) is 21.7. The summed E-state index contributed by atoms with van der Waals surface area (Å²) in [5, 5.41) is 10.4. The van der Waals surface area contributed by atoms with E-state index >= 15 is 0 Å². The van der Waals surface area contributed by atoms with Crippen molar-refractivity contribution in [2.45, 2.75) is 33.7 Å². The molecule has 1 heterocycles. The van der Waals surface area contributed by atoms with Crippen molar-refractivity contribution < 1.29 is 9.53 Å². The number of aryl methyl sites for hydroxylation is 1. The molecule has 152 valence electrons. The van der Waals surface area contributed by atoms with Gasteiger partial charge < -0.3 is 20.7 Å². The average Bonchev–Trinajstić information content (AvgIpc) is 3.10. The molecule has 7 nitrogen and oxygen atoms in total. The van der Waals surface area contributed by atoms with Gasteiger partial charge in [-0.1, -0.05) is 12.1 Å². The number of rotatable bonds is 10. The van der Waals surface area contributed by atoms with Crippen LogP contribution in [0.3, 0.4) is 0 Å². The number of hydrogen-bond donors (Lipinski definition) is 3. The molecule has 2 aromatic rings. The number of benzene rings is 1. The first-order valence-electron chi connectivity index (χ1n) is 9.52. The third-order valence-electron chi connectivity index (χ3n) is 3.71. The van der Waals surface area contributed by atoms with E-state index in [0.29, 0.717) is 18.8 Å². The maximum atomic E-state index is 11.5. The smallest absolute Gasteiger partial charge is 0.257 e. The number of thiazole rings is 1. The first kappa shape index (κ1) is 21.7. The van der Waals surface area contributed by atoms with Crippen molar-refractivity contribution in [3.8, 4) is 5.75 Å². The summed E-state index contributed by atoms with van der Waals surface area (Å²) in [6.07, 6.45) is 2.77. The van der Waals surface area contributed by atoms with Gasteiger partial charge >= 0.3 is 0 Å². The average molecular weight is 404 g/mol. The fourth-order valence-corrected chi connectivity index (χ4v) is 3.23. The highest BCUT2D eigenvalue weighted by atomic mass is 32.1. The maximum Gasteiger partial charge on any atom is 0.257 e. The minimum atomic E-state index is -0.125. The van der Waals surface area contributed by atoms with Crippen LogP contribution in [0.4, 0.5) is 0 Å². The van der Waals surface area contributed by atoms with Crippen LogP contribution in [0, 0.1) is 6.92 Å². The third kappa shape index (κ3) is 7.96. The lowest BCUT2D eigenvalue weighted by atomic mass is 10.2. The molecule has 2 rings (SSSR count). The molecule has 3 N–H and O–H groups in total. The number of likely N-dealkylation sites (N-methyl/N-ethyl adjacent to an activating group) is 1. The van der Waals surface area contributed by atoms with Gasteiger partial charge in [0.2, 0.25) is 0 Å². The van der Waals surface area contributed by atoms with Crippen LogP contribution in [0.5, 0.6) is 5.75 Å². The van der Waals surface area contributed by atoms with Crippen LogP contribution in [0.1, 0.15) is 29.3 Å². The zero-order chi connectivity index (χ0) is 20.2. The first-order chi connectivity index (χ1) is 13.6. The molecule has 0 spiro atoms. The van der Waals surface area contributed by atoms with Crippen LogP contribution in [0.25, 0.3) is 0 Å². The van der Waals surface area contributed by atoms with E-state index in [1.54, 1.807) is 11.3 Å². The predicted octanol–water partition coefficient (Wildman–Crippen LogP) is 2.26. The monoisotopic (exact) mass is 403 g/mol. The maximum absolute atomic E-state index is 11.5. The Morgan fingerprint density at radius 2 is 2.04 bits per heavy atom. The van der Waals surface area contributed by atoms with Crippen molar-refractivity contribution in [3.63, 3.8) is 0 Å². The van der Waals surface area contributed by atoms with Crippen LogP contribution in [-0.2, 0) is 17.8 Å². The predicted molar refractivity (Wildman–Crippen MR) is 114 cm³/mol. The van der Waals surface area contributed by atoms with Gasteiger partial charge in [0.1, 0.15) is 5.75 Å². The summed E-state index contributed by atoms with van der Waals surface area (Å²) in [5.41, 5.74) is 1.01. The van der Waals surface area contributed by atoms with Crippen molar-refractivity contribution in [1.29, 1.82) is 0 Å². The van der Waals surface area contributed by atoms with Crippen LogP contribution in [0.2, 0.25) is 0 Å². The molecule has 0 saturated carbocycles. The molecule has 0 atom stereocenters. The summed E-state index contributed by atoms with van der Waals surface area (Å²) < 4.78 is 5.53. The van der Waals surface area contributed by atoms with E-state index in [2.05, 4.69) is 32.9 Å². The van der Waals surface area contributed by atoms with E-state index in [1.807, 2.05) is 44.3 Å². The van der Waals surface area contributed by atoms with E-state index in [0.717, 1.165) is 36.0 Å². The molecule has 0 bridgehead atoms. The normalized spacial score (nSPS) is 11.2. The molecular formula is C20H29N5O2S. The van der Waals surface area contributed by atoms with Crippen LogP contribution >= 0.6 is 11.3 Å². The van der Waals surface area contributed by atoms with Crippen LogP contribution in [-0.4, -0.2) is 43.1 Å². The molecule has 0 unspecified atom stereocenters. The number of aromatic nitrogens is 1. The molecular weight excluding hydrogens is 374 g/mol. The van der Waals surface area contributed by atoms with E-state index in [1.165, 1.54) is 4.88 Å². The number of carbonyl (C=O) groups is 1. The Hall–Kier alpha value is -2.61. The topological polar surface area (TPSA) is 87.6 Å². The number of amides is 1. The number of ether oxygens (including phenoxy) is 1. The molecule has 8 heteroatoms. The summed E-state index contributed by atoms with van der Waals surface area (Å²) >= 11 is 1.72. The standard InChI is InChI=1S/C20H29N5O2S/c1-4-21-18(26)14-27-17-8-6-7-16(11-17)13-25-20(22-5-2)23-10-9-19-24-12-15(3)28-19/h6-8,11-12H,4-5,9-10,13-14H2,1-3H3,(H,21,26)(H2,22,23,25). The summed E-state index contributed by atoms with van der Waals surface area (Å²) in [6.45, 7) is 8.67. The molecule has 0 saturated heterocycles. The van der Waals surface area contributed by atoms with Gasteiger partial charge in [-0.2, -0.15) is 0 Å². The SMILES string of the molecule is CCNC(=O)COc1cccc(CN=C(NCC)NCCc2ncc(C)s2)c1. The summed E-state index contributed by atoms with van der Waals surface area (Å²) in [5.74, 6) is 1.31. The minimum absolute atomic E-state index is 0.0149. The highest BCUT2D eigenvalue weighted by molar-refractivity contribution is 7.11. The molecule has 0 aliphatic rings. The fraction of sp³-hybridized carbons (Fsp3) is 0.450. The molecule has 1 aromatic carbocycles. The highest BCUT2D eigenvalue weighted by Crippen LogP contribution is 2.14. The fourth-order valence-electron chi connectivity index (χ4n) is 2.45. The van der Waals surface area contributed by atoms with Crippen molar-refractivity contribution in [1.82, 2.24) is 20.9 Å². The van der Waals surface area contributed by atoms with Crippen molar-refractivity contribution in [2.75, 3.05) is 26.2 Å². The lowest BCUT2D eigenvalue weighted by molar-refractivity contribution is -0.122. The summed E-state index contributed by atoms with van der Waals surface area (Å²) in [6, 6.07) is 7.64. The van der Waals surface area contributed by atoms with Crippen LogP contribution < -0.4 is 20.7 Å². The van der Waals surface area contributed by atoms with E-state index in [9.17, 15) is 4.79 Å². The van der Waals surface area contributed by atoms with Crippen molar-refractivity contribution >= 4 is 23.2 Å². The molecule has 0 radical (unpaired) electrons. The van der Waals surface area contributed by atoms with Gasteiger partial charge in [-0.15, -0.1) is 11.3 Å². The molecule has 0 aliphatic carbocycles. The number of hydrogen-bond acceptors (Lipinski definition) is 5. The Labute approximate surface area is 170 Å². The van der Waals surface area contributed by atoms with Crippen LogP contribution in [0.15, 0.2) is 35.5 Å². The molecule has 1 aromatic heterocycles. The Kier molecular flexibility index (Phi) is 9.27. The number of nitrogens with zero attached hydrogens (tertiary/aromatic N) is 2. The Balaban J connectivity index is 1.86. The van der Waals surface area contributed by atoms with Gasteiger partial charge in [0.15, 0.2) is 12.6 Å². The Morgan fingerprint density at radius 3 is 2.75 bits per heavy atom. The largest absolute Gasteiger partial charge is 0.484 e. The second-order valence-corrected chi connectivity index (χ2v) is 7.45. The van der Waals surface area contributed by atoms with Gasteiger partial charge in [0, 0.05) is 37.1 Å². The van der Waals surface area contributed by atoms with Gasteiger partial charge in [-0.25, -0.2) is 9.98 Å². The zero-order valence-electron chi connectivity index (χ0n) is 16.7. The number of carbonyl (C=O) groups excluding carboxylic acids is 1. The van der Waals surface area contributed by atoms with E-state index in [4.69, 9.17) is 4.74 Å². The first-order valence-corrected chi connectivity index (χ1v) is 10.3. The zero-order valence-corrected chi connectivity index (χ0v) is 17.6. The molecule has 0 fully saturated rings. The van der Waals surface area contributed by atoms with E-state index in [-0.39, 0.29) is 12.5 Å². The second-order valence-electron chi connectivity index (χ2n) is 6.13. The lowest BCUT2D eigenvalue weighted by Crippen LogP contribution is -2.38. The highest BCUT2D eigenvalue weighted by Gasteiger charge is 2.03. The van der Waals surface area contributed by atoms with Gasteiger partial charge in [-0.05, 0) is 38.5 Å².